The first kappa shape index (κ1) is 15.9. The Kier molecular flexibility index (Phi) is 5.75. The van der Waals surface area contributed by atoms with E-state index in [0.29, 0.717) is 6.54 Å². The molecule has 0 radical (unpaired) electrons. The number of amides is 2. The fourth-order valence-electron chi connectivity index (χ4n) is 1.33. The summed E-state index contributed by atoms with van der Waals surface area (Å²) < 4.78 is 0. The molecule has 5 nitrogen and oxygen atoms in total. The number of carbonyl (C=O) groups is 1. The van der Waals surface area contributed by atoms with Crippen LogP contribution >= 0.6 is 11.3 Å². The van der Waals surface area contributed by atoms with Crippen LogP contribution in [0.2, 0.25) is 0 Å². The standard InChI is InChI=1S/C13H23N3O2S/c1-9(2)13(4,18)8-16-12(17)14-6-5-11-15-7-10(3)19-11/h7,9,18H,5-6,8H2,1-4H3,(H2,14,16,17). The van der Waals surface area contributed by atoms with Crippen molar-refractivity contribution in [1.29, 1.82) is 0 Å². The summed E-state index contributed by atoms with van der Waals surface area (Å²) in [5.41, 5.74) is -0.885. The lowest BCUT2D eigenvalue weighted by Crippen LogP contribution is -2.47. The van der Waals surface area contributed by atoms with Crippen LogP contribution in [0.25, 0.3) is 0 Å². The monoisotopic (exact) mass is 285 g/mol. The number of nitrogens with one attached hydrogen (secondary N) is 2. The van der Waals surface area contributed by atoms with Gasteiger partial charge in [-0.1, -0.05) is 13.8 Å². The van der Waals surface area contributed by atoms with Crippen LogP contribution in [0.4, 0.5) is 4.79 Å². The second-order valence-corrected chi connectivity index (χ2v) is 6.56. The Hall–Kier alpha value is -1.14. The summed E-state index contributed by atoms with van der Waals surface area (Å²) in [4.78, 5) is 17.0. The van der Waals surface area contributed by atoms with E-state index in [1.54, 1.807) is 18.3 Å². The summed E-state index contributed by atoms with van der Waals surface area (Å²) in [5.74, 6) is 0.0890. The fourth-order valence-corrected chi connectivity index (χ4v) is 2.11. The number of thiazole rings is 1. The molecule has 1 aromatic rings. The smallest absolute Gasteiger partial charge is 0.314 e. The normalized spacial score (nSPS) is 14.2. The highest BCUT2D eigenvalue weighted by molar-refractivity contribution is 7.11. The molecule has 3 N–H and O–H groups in total. The fraction of sp³-hybridized carbons (Fsp3) is 0.692. The second kappa shape index (κ2) is 6.86. The molecule has 0 saturated heterocycles. The first-order valence-electron chi connectivity index (χ1n) is 6.46. The van der Waals surface area contributed by atoms with E-state index in [4.69, 9.17) is 0 Å². The predicted octanol–water partition coefficient (Wildman–Crippen LogP) is 1.70. The van der Waals surface area contributed by atoms with Crippen LogP contribution in [-0.4, -0.2) is 34.8 Å². The summed E-state index contributed by atoms with van der Waals surface area (Å²) in [5, 5.41) is 16.5. The molecule has 1 aromatic heterocycles. The van der Waals surface area contributed by atoms with Crippen LogP contribution in [0.1, 0.15) is 30.7 Å². The highest BCUT2D eigenvalue weighted by Gasteiger charge is 2.25. The predicted molar refractivity (Wildman–Crippen MR) is 77.4 cm³/mol. The van der Waals surface area contributed by atoms with E-state index >= 15 is 0 Å². The third-order valence-corrected chi connectivity index (χ3v) is 4.12. The Morgan fingerprint density at radius 1 is 1.53 bits per heavy atom. The van der Waals surface area contributed by atoms with Gasteiger partial charge in [-0.05, 0) is 19.8 Å². The number of aromatic nitrogens is 1. The van der Waals surface area contributed by atoms with E-state index in [0.717, 1.165) is 11.4 Å². The van der Waals surface area contributed by atoms with Gasteiger partial charge in [0.1, 0.15) is 0 Å². The van der Waals surface area contributed by atoms with Gasteiger partial charge in [0.2, 0.25) is 0 Å². The number of hydrogen-bond donors (Lipinski definition) is 3. The topological polar surface area (TPSA) is 74.2 Å². The van der Waals surface area contributed by atoms with Gasteiger partial charge < -0.3 is 15.7 Å². The molecule has 1 heterocycles. The Labute approximate surface area is 118 Å². The van der Waals surface area contributed by atoms with Gasteiger partial charge in [0, 0.05) is 30.6 Å². The van der Waals surface area contributed by atoms with Crippen molar-refractivity contribution in [3.63, 3.8) is 0 Å². The van der Waals surface area contributed by atoms with Gasteiger partial charge in [-0.2, -0.15) is 0 Å². The molecule has 0 aliphatic rings. The molecule has 0 fully saturated rings. The zero-order chi connectivity index (χ0) is 14.5. The molecule has 1 unspecified atom stereocenters. The molecule has 0 spiro atoms. The minimum atomic E-state index is -0.885. The maximum atomic E-state index is 11.6. The zero-order valence-corrected chi connectivity index (χ0v) is 12.8. The molecule has 1 rings (SSSR count). The number of nitrogens with zero attached hydrogens (tertiary/aromatic N) is 1. The van der Waals surface area contributed by atoms with E-state index in [2.05, 4.69) is 15.6 Å². The highest BCUT2D eigenvalue weighted by atomic mass is 32.1. The molecule has 6 heteroatoms. The van der Waals surface area contributed by atoms with Crippen LogP contribution in [0.5, 0.6) is 0 Å². The minimum Gasteiger partial charge on any atom is -0.388 e. The number of aliphatic hydroxyl groups is 1. The number of urea groups is 1. The second-order valence-electron chi connectivity index (χ2n) is 5.24. The van der Waals surface area contributed by atoms with Crippen molar-refractivity contribution in [1.82, 2.24) is 15.6 Å². The highest BCUT2D eigenvalue weighted by Crippen LogP contribution is 2.14. The van der Waals surface area contributed by atoms with Crippen molar-refractivity contribution in [2.24, 2.45) is 5.92 Å². The lowest BCUT2D eigenvalue weighted by atomic mass is 9.93. The summed E-state index contributed by atoms with van der Waals surface area (Å²) in [7, 11) is 0. The molecule has 0 aliphatic heterocycles. The van der Waals surface area contributed by atoms with Crippen molar-refractivity contribution >= 4 is 17.4 Å². The molecular formula is C13H23N3O2S. The number of hydrogen-bond acceptors (Lipinski definition) is 4. The number of aryl methyl sites for hydroxylation is 1. The van der Waals surface area contributed by atoms with E-state index < -0.39 is 5.60 Å². The maximum Gasteiger partial charge on any atom is 0.314 e. The number of carbonyl (C=O) groups excluding carboxylic acids is 1. The average molecular weight is 285 g/mol. The van der Waals surface area contributed by atoms with Crippen molar-refractivity contribution in [2.75, 3.05) is 13.1 Å². The molecule has 1 atom stereocenters. The van der Waals surface area contributed by atoms with Gasteiger partial charge >= 0.3 is 6.03 Å². The van der Waals surface area contributed by atoms with Gasteiger partial charge in [-0.15, -0.1) is 11.3 Å². The van der Waals surface area contributed by atoms with Crippen molar-refractivity contribution in [2.45, 2.75) is 39.7 Å². The van der Waals surface area contributed by atoms with E-state index in [1.165, 1.54) is 4.88 Å². The molecule has 0 aliphatic carbocycles. The molecule has 0 saturated carbocycles. The van der Waals surface area contributed by atoms with Crippen molar-refractivity contribution < 1.29 is 9.90 Å². The van der Waals surface area contributed by atoms with Gasteiger partial charge in [-0.3, -0.25) is 0 Å². The van der Waals surface area contributed by atoms with Crippen molar-refractivity contribution in [3.05, 3.63) is 16.1 Å². The first-order chi connectivity index (χ1) is 8.81. The van der Waals surface area contributed by atoms with Crippen LogP contribution in [0.3, 0.4) is 0 Å². The Morgan fingerprint density at radius 3 is 2.74 bits per heavy atom. The van der Waals surface area contributed by atoms with Crippen LogP contribution in [-0.2, 0) is 6.42 Å². The van der Waals surface area contributed by atoms with E-state index in [9.17, 15) is 9.90 Å². The lowest BCUT2D eigenvalue weighted by Gasteiger charge is -2.27. The van der Waals surface area contributed by atoms with Crippen LogP contribution in [0.15, 0.2) is 6.20 Å². The number of rotatable bonds is 6. The van der Waals surface area contributed by atoms with Gasteiger partial charge in [-0.25, -0.2) is 9.78 Å². The quantitative estimate of drug-likeness (QED) is 0.745. The van der Waals surface area contributed by atoms with Gasteiger partial charge in [0.05, 0.1) is 10.6 Å². The minimum absolute atomic E-state index is 0.0890. The third kappa shape index (κ3) is 5.57. The summed E-state index contributed by atoms with van der Waals surface area (Å²) in [6, 6.07) is -0.255. The first-order valence-corrected chi connectivity index (χ1v) is 7.28. The molecule has 0 bridgehead atoms. The molecule has 108 valence electrons. The molecule has 0 aromatic carbocycles. The van der Waals surface area contributed by atoms with Crippen molar-refractivity contribution in [3.8, 4) is 0 Å². The Bertz CT molecular complexity index is 416. The molecule has 2 amide bonds. The Balaban J connectivity index is 2.21. The van der Waals surface area contributed by atoms with E-state index in [1.807, 2.05) is 27.0 Å². The molecule has 19 heavy (non-hydrogen) atoms. The third-order valence-electron chi connectivity index (χ3n) is 3.14. The largest absolute Gasteiger partial charge is 0.388 e. The van der Waals surface area contributed by atoms with Crippen LogP contribution in [0, 0.1) is 12.8 Å². The van der Waals surface area contributed by atoms with Gasteiger partial charge in [0.15, 0.2) is 0 Å². The molecular weight excluding hydrogens is 262 g/mol. The average Bonchev–Trinajstić information content (AvgIpc) is 2.72. The lowest BCUT2D eigenvalue weighted by molar-refractivity contribution is 0.0166. The van der Waals surface area contributed by atoms with E-state index in [-0.39, 0.29) is 18.5 Å². The summed E-state index contributed by atoms with van der Waals surface area (Å²) >= 11 is 1.64. The zero-order valence-electron chi connectivity index (χ0n) is 12.0. The SMILES string of the molecule is Cc1cnc(CCNC(=O)NCC(C)(O)C(C)C)s1. The summed E-state index contributed by atoms with van der Waals surface area (Å²) in [6.07, 6.45) is 2.56. The summed E-state index contributed by atoms with van der Waals surface area (Å²) in [6.45, 7) is 8.36. The van der Waals surface area contributed by atoms with Gasteiger partial charge in [0.25, 0.3) is 0 Å². The van der Waals surface area contributed by atoms with Crippen LogP contribution < -0.4 is 10.6 Å². The Morgan fingerprint density at radius 2 is 2.21 bits per heavy atom. The maximum absolute atomic E-state index is 11.6.